The van der Waals surface area contributed by atoms with Gasteiger partial charge in [0.2, 0.25) is 5.95 Å². The van der Waals surface area contributed by atoms with Crippen molar-refractivity contribution in [2.75, 3.05) is 11.5 Å². The standard InChI is InChI=1S/C5H4ClN5/c1-9-2-3(6)10-5(8)11-4(2)7/h(H4,7,8,10,11). The van der Waals surface area contributed by atoms with E-state index in [0.717, 1.165) is 0 Å². The molecule has 0 unspecified atom stereocenters. The number of hydrogen-bond donors (Lipinski definition) is 2. The Hall–Kier alpha value is -1.54. The molecule has 0 bridgehead atoms. The van der Waals surface area contributed by atoms with Gasteiger partial charge in [0.15, 0.2) is 0 Å². The van der Waals surface area contributed by atoms with Gasteiger partial charge in [-0.15, -0.1) is 0 Å². The second-order valence-electron chi connectivity index (χ2n) is 1.72. The van der Waals surface area contributed by atoms with Crippen molar-refractivity contribution in [3.63, 3.8) is 0 Å². The Bertz CT molecular complexity index is 305. The summed E-state index contributed by atoms with van der Waals surface area (Å²) in [6, 6.07) is 0. The molecule has 1 rings (SSSR count). The molecule has 4 N–H and O–H groups in total. The van der Waals surface area contributed by atoms with Crippen LogP contribution in [0.2, 0.25) is 5.15 Å². The average Bonchev–Trinajstić information content (AvgIpc) is 1.85. The van der Waals surface area contributed by atoms with Gasteiger partial charge in [-0.2, -0.15) is 0 Å². The fourth-order valence-electron chi connectivity index (χ4n) is 0.564. The highest BCUT2D eigenvalue weighted by Crippen LogP contribution is 2.28. The predicted octanol–water partition coefficient (Wildman–Crippen LogP) is 0.845. The maximum atomic E-state index is 6.64. The molecule has 0 aliphatic rings. The van der Waals surface area contributed by atoms with Crippen LogP contribution in [0.1, 0.15) is 0 Å². The molecule has 6 heteroatoms. The molecule has 0 spiro atoms. The van der Waals surface area contributed by atoms with E-state index in [-0.39, 0.29) is 22.6 Å². The highest BCUT2D eigenvalue weighted by molar-refractivity contribution is 6.32. The highest BCUT2D eigenvalue weighted by Gasteiger charge is 2.07. The molecule has 56 valence electrons. The molecular weight excluding hydrogens is 166 g/mol. The molecule has 0 radical (unpaired) electrons. The van der Waals surface area contributed by atoms with Crippen molar-refractivity contribution in [2.45, 2.75) is 0 Å². The molecule has 1 heterocycles. The summed E-state index contributed by atoms with van der Waals surface area (Å²) in [4.78, 5) is 10.1. The second-order valence-corrected chi connectivity index (χ2v) is 2.08. The van der Waals surface area contributed by atoms with Crippen LogP contribution in [0.15, 0.2) is 0 Å². The molecule has 1 aromatic rings. The molecule has 0 amide bonds. The van der Waals surface area contributed by atoms with E-state index in [4.69, 9.17) is 29.6 Å². The van der Waals surface area contributed by atoms with Crippen LogP contribution in [0.25, 0.3) is 4.85 Å². The van der Waals surface area contributed by atoms with Crippen molar-refractivity contribution in [2.24, 2.45) is 0 Å². The van der Waals surface area contributed by atoms with Crippen LogP contribution < -0.4 is 11.5 Å². The number of hydrogen-bond acceptors (Lipinski definition) is 4. The molecule has 0 atom stereocenters. The maximum Gasteiger partial charge on any atom is 0.264 e. The van der Waals surface area contributed by atoms with Gasteiger partial charge >= 0.3 is 0 Å². The smallest absolute Gasteiger partial charge is 0.264 e. The van der Waals surface area contributed by atoms with Crippen LogP contribution in [0.5, 0.6) is 0 Å². The van der Waals surface area contributed by atoms with Gasteiger partial charge in [0.05, 0.1) is 6.57 Å². The van der Waals surface area contributed by atoms with E-state index < -0.39 is 0 Å². The zero-order chi connectivity index (χ0) is 8.43. The summed E-state index contributed by atoms with van der Waals surface area (Å²) in [6.45, 7) is 6.64. The van der Waals surface area contributed by atoms with Gasteiger partial charge in [0.25, 0.3) is 5.69 Å². The third-order valence-corrected chi connectivity index (χ3v) is 1.26. The van der Waals surface area contributed by atoms with Crippen LogP contribution in [0, 0.1) is 6.57 Å². The van der Waals surface area contributed by atoms with Gasteiger partial charge in [-0.05, 0) is 0 Å². The lowest BCUT2D eigenvalue weighted by atomic mass is 10.5. The normalized spacial score (nSPS) is 9.09. The van der Waals surface area contributed by atoms with Crippen molar-refractivity contribution in [3.05, 3.63) is 16.6 Å². The van der Waals surface area contributed by atoms with Crippen molar-refractivity contribution < 1.29 is 0 Å². The summed E-state index contributed by atoms with van der Waals surface area (Å²) in [5.41, 5.74) is 10.5. The SMILES string of the molecule is [C-]#[N+]c1c(N)nc(N)nc1Cl. The third-order valence-electron chi connectivity index (χ3n) is 0.998. The monoisotopic (exact) mass is 169 g/mol. The van der Waals surface area contributed by atoms with Crippen LogP contribution in [-0.2, 0) is 0 Å². The van der Waals surface area contributed by atoms with Crippen LogP contribution in [0.4, 0.5) is 17.5 Å². The topological polar surface area (TPSA) is 82.2 Å². The first kappa shape index (κ1) is 7.57. The Labute approximate surface area is 67.8 Å². The molecule has 0 aromatic carbocycles. The second kappa shape index (κ2) is 2.60. The van der Waals surface area contributed by atoms with E-state index in [1.54, 1.807) is 0 Å². The van der Waals surface area contributed by atoms with Gasteiger partial charge in [-0.3, -0.25) is 0 Å². The van der Waals surface area contributed by atoms with Crippen LogP contribution >= 0.6 is 11.6 Å². The molecule has 0 aliphatic carbocycles. The molecule has 5 nitrogen and oxygen atoms in total. The zero-order valence-corrected chi connectivity index (χ0v) is 6.13. The molecule has 0 fully saturated rings. The minimum atomic E-state index is -0.0279. The van der Waals surface area contributed by atoms with Gasteiger partial charge in [-0.25, -0.2) is 14.8 Å². The fourth-order valence-corrected chi connectivity index (χ4v) is 0.790. The third kappa shape index (κ3) is 1.30. The lowest BCUT2D eigenvalue weighted by Crippen LogP contribution is -1.99. The van der Waals surface area contributed by atoms with Gasteiger partial charge in [0, 0.05) is 0 Å². The van der Waals surface area contributed by atoms with E-state index in [2.05, 4.69) is 14.8 Å². The molecule has 0 aliphatic heterocycles. The quantitative estimate of drug-likeness (QED) is 0.446. The van der Waals surface area contributed by atoms with Crippen molar-refractivity contribution in [3.8, 4) is 0 Å². The predicted molar refractivity (Wildman–Crippen MR) is 42.1 cm³/mol. The Morgan fingerprint density at radius 2 is 2.00 bits per heavy atom. The number of nitrogens with two attached hydrogens (primary N) is 2. The molecule has 11 heavy (non-hydrogen) atoms. The van der Waals surface area contributed by atoms with E-state index in [9.17, 15) is 0 Å². The Morgan fingerprint density at radius 1 is 1.36 bits per heavy atom. The minimum Gasteiger partial charge on any atom is -0.392 e. The van der Waals surface area contributed by atoms with E-state index >= 15 is 0 Å². The first-order valence-electron chi connectivity index (χ1n) is 2.61. The summed E-state index contributed by atoms with van der Waals surface area (Å²) in [5.74, 6) is -0.0163. The van der Waals surface area contributed by atoms with E-state index in [0.29, 0.717) is 0 Å². The number of anilines is 2. The summed E-state index contributed by atoms with van der Waals surface area (Å²) in [5, 5.41) is -0.00926. The van der Waals surface area contributed by atoms with Crippen LogP contribution in [0.3, 0.4) is 0 Å². The Morgan fingerprint density at radius 3 is 2.45 bits per heavy atom. The first-order valence-corrected chi connectivity index (χ1v) is 2.99. The Balaban J connectivity index is 3.40. The van der Waals surface area contributed by atoms with Gasteiger partial charge < -0.3 is 11.5 Å². The summed E-state index contributed by atoms with van der Waals surface area (Å²) in [6.07, 6.45) is 0. The van der Waals surface area contributed by atoms with Crippen molar-refractivity contribution in [1.82, 2.24) is 9.97 Å². The van der Waals surface area contributed by atoms with Gasteiger partial charge in [0.1, 0.15) is 11.0 Å². The summed E-state index contributed by atoms with van der Waals surface area (Å²) < 4.78 is 0. The number of halogens is 1. The van der Waals surface area contributed by atoms with Gasteiger partial charge in [-0.1, -0.05) is 11.6 Å². The lowest BCUT2D eigenvalue weighted by Gasteiger charge is -1.98. The zero-order valence-electron chi connectivity index (χ0n) is 5.37. The number of nitrogens with zero attached hydrogens (tertiary/aromatic N) is 3. The minimum absolute atomic E-state index is 0.00926. The van der Waals surface area contributed by atoms with Crippen molar-refractivity contribution in [1.29, 1.82) is 0 Å². The van der Waals surface area contributed by atoms with Crippen molar-refractivity contribution >= 4 is 29.1 Å². The number of rotatable bonds is 0. The molecular formula is C5H4ClN5. The first-order chi connectivity index (χ1) is 5.15. The van der Waals surface area contributed by atoms with E-state index in [1.807, 2.05) is 0 Å². The summed E-state index contributed by atoms with van der Waals surface area (Å²) >= 11 is 5.51. The number of nitrogen functional groups attached to an aromatic ring is 2. The fraction of sp³-hybridized carbons (Fsp3) is 0. The largest absolute Gasteiger partial charge is 0.392 e. The van der Waals surface area contributed by atoms with E-state index in [1.165, 1.54) is 0 Å². The summed E-state index contributed by atoms with van der Waals surface area (Å²) in [7, 11) is 0. The molecule has 0 saturated carbocycles. The lowest BCUT2D eigenvalue weighted by molar-refractivity contribution is 1.20. The number of aromatic nitrogens is 2. The van der Waals surface area contributed by atoms with Crippen LogP contribution in [-0.4, -0.2) is 9.97 Å². The highest BCUT2D eigenvalue weighted by atomic mass is 35.5. The molecule has 0 saturated heterocycles. The average molecular weight is 170 g/mol. The maximum absolute atomic E-state index is 6.64. The Kier molecular flexibility index (Phi) is 1.79. The molecule has 1 aromatic heterocycles.